The third-order valence-corrected chi connectivity index (χ3v) is 6.63. The van der Waals surface area contributed by atoms with Crippen LogP contribution in [0.3, 0.4) is 0 Å². The van der Waals surface area contributed by atoms with E-state index in [9.17, 15) is 4.79 Å². The van der Waals surface area contributed by atoms with Crippen LogP contribution in [0.25, 0.3) is 6.08 Å². The Balaban J connectivity index is 1.35. The van der Waals surface area contributed by atoms with Gasteiger partial charge in [0.2, 0.25) is 0 Å². The van der Waals surface area contributed by atoms with Crippen molar-refractivity contribution in [3.8, 4) is 5.75 Å². The van der Waals surface area contributed by atoms with Gasteiger partial charge in [0, 0.05) is 37.2 Å². The molecule has 3 aromatic rings. The van der Waals surface area contributed by atoms with Gasteiger partial charge in [-0.05, 0) is 66.7 Å². The highest BCUT2D eigenvalue weighted by atomic mass is 16.5. The molecule has 0 atom stereocenters. The third kappa shape index (κ3) is 6.68. The molecule has 0 saturated carbocycles. The zero-order chi connectivity index (χ0) is 24.6. The van der Waals surface area contributed by atoms with Crippen LogP contribution in [0.1, 0.15) is 46.5 Å². The van der Waals surface area contributed by atoms with Crippen LogP contribution in [0.5, 0.6) is 5.75 Å². The van der Waals surface area contributed by atoms with Crippen molar-refractivity contribution in [2.75, 3.05) is 33.3 Å². The summed E-state index contributed by atoms with van der Waals surface area (Å²) < 4.78 is 5.96. The summed E-state index contributed by atoms with van der Waals surface area (Å²) in [5.74, 6) is 0.968. The molecular formula is C31H36N2O2. The van der Waals surface area contributed by atoms with Gasteiger partial charge in [-0.25, -0.2) is 0 Å². The SMILES string of the molecule is CCN(CC)CCOc1ccc2c(c1)C/C(=C\c1ccc(CN(C)Cc3ccccc3)cc1)C2=O. The molecule has 0 unspecified atom stereocenters. The number of nitrogens with zero attached hydrogens (tertiary/aromatic N) is 2. The van der Waals surface area contributed by atoms with E-state index in [4.69, 9.17) is 4.74 Å². The average Bonchev–Trinajstić information content (AvgIpc) is 3.18. The van der Waals surface area contributed by atoms with Crippen molar-refractivity contribution in [2.24, 2.45) is 0 Å². The van der Waals surface area contributed by atoms with Crippen LogP contribution < -0.4 is 4.74 Å². The smallest absolute Gasteiger partial charge is 0.189 e. The number of ketones is 1. The molecule has 0 N–H and O–H groups in total. The number of carbonyl (C=O) groups is 1. The molecule has 4 heteroatoms. The summed E-state index contributed by atoms with van der Waals surface area (Å²) in [6.45, 7) is 9.74. The van der Waals surface area contributed by atoms with Gasteiger partial charge in [-0.1, -0.05) is 68.4 Å². The molecule has 0 amide bonds. The van der Waals surface area contributed by atoms with Gasteiger partial charge in [-0.3, -0.25) is 9.69 Å². The Hall–Kier alpha value is -3.21. The Kier molecular flexibility index (Phi) is 8.51. The number of carbonyl (C=O) groups excluding carboxylic acids is 1. The fraction of sp³-hybridized carbons (Fsp3) is 0.323. The van der Waals surface area contributed by atoms with E-state index in [-0.39, 0.29) is 5.78 Å². The van der Waals surface area contributed by atoms with Gasteiger partial charge in [0.05, 0.1) is 0 Å². The lowest BCUT2D eigenvalue weighted by Gasteiger charge is -2.18. The first kappa shape index (κ1) is 24.9. The van der Waals surface area contributed by atoms with Crippen molar-refractivity contribution in [3.63, 3.8) is 0 Å². The number of hydrogen-bond acceptors (Lipinski definition) is 4. The minimum absolute atomic E-state index is 0.126. The molecule has 0 radical (unpaired) electrons. The standard InChI is InChI=1S/C31H36N2O2/c1-4-33(5-2)17-18-35-29-15-16-30-27(21-29)20-28(31(30)34)19-24-11-13-26(14-12-24)23-32(3)22-25-9-7-6-8-10-25/h6-16,19,21H,4-5,17-18,20,22-23H2,1-3H3/b28-19+. The number of hydrogen-bond donors (Lipinski definition) is 0. The molecular weight excluding hydrogens is 432 g/mol. The van der Waals surface area contributed by atoms with Crippen molar-refractivity contribution >= 4 is 11.9 Å². The van der Waals surface area contributed by atoms with Crippen LogP contribution in [0.2, 0.25) is 0 Å². The molecule has 3 aromatic carbocycles. The maximum absolute atomic E-state index is 13.0. The van der Waals surface area contributed by atoms with E-state index >= 15 is 0 Å². The molecule has 4 nitrogen and oxygen atoms in total. The number of ether oxygens (including phenoxy) is 1. The second kappa shape index (κ2) is 12.0. The summed E-state index contributed by atoms with van der Waals surface area (Å²) >= 11 is 0. The minimum atomic E-state index is 0.126. The molecule has 0 bridgehead atoms. The van der Waals surface area contributed by atoms with Crippen molar-refractivity contribution in [1.82, 2.24) is 9.80 Å². The van der Waals surface area contributed by atoms with Gasteiger partial charge >= 0.3 is 0 Å². The summed E-state index contributed by atoms with van der Waals surface area (Å²) in [5.41, 5.74) is 6.33. The van der Waals surface area contributed by atoms with Gasteiger partial charge in [0.1, 0.15) is 12.4 Å². The zero-order valence-corrected chi connectivity index (χ0v) is 21.2. The van der Waals surface area contributed by atoms with Gasteiger partial charge in [-0.2, -0.15) is 0 Å². The monoisotopic (exact) mass is 468 g/mol. The average molecular weight is 469 g/mol. The lowest BCUT2D eigenvalue weighted by molar-refractivity contribution is 0.104. The second-order valence-electron chi connectivity index (χ2n) is 9.27. The van der Waals surface area contributed by atoms with Crippen LogP contribution in [0.4, 0.5) is 0 Å². The molecule has 35 heavy (non-hydrogen) atoms. The summed E-state index contributed by atoms with van der Waals surface area (Å²) in [6, 6.07) is 24.9. The first-order valence-corrected chi connectivity index (χ1v) is 12.6. The van der Waals surface area contributed by atoms with E-state index in [0.29, 0.717) is 13.0 Å². The largest absolute Gasteiger partial charge is 0.492 e. The van der Waals surface area contributed by atoms with Crippen molar-refractivity contribution < 1.29 is 9.53 Å². The van der Waals surface area contributed by atoms with E-state index in [1.54, 1.807) is 0 Å². The Morgan fingerprint density at radius 3 is 2.26 bits per heavy atom. The van der Waals surface area contributed by atoms with E-state index in [0.717, 1.165) is 60.7 Å². The van der Waals surface area contributed by atoms with E-state index < -0.39 is 0 Å². The second-order valence-corrected chi connectivity index (χ2v) is 9.27. The lowest BCUT2D eigenvalue weighted by Crippen LogP contribution is -2.27. The van der Waals surface area contributed by atoms with Crippen molar-refractivity contribution in [2.45, 2.75) is 33.4 Å². The zero-order valence-electron chi connectivity index (χ0n) is 21.2. The van der Waals surface area contributed by atoms with Crippen LogP contribution in [0, 0.1) is 0 Å². The molecule has 1 aliphatic carbocycles. The molecule has 0 aliphatic heterocycles. The molecule has 1 aliphatic rings. The Labute approximate surface area is 209 Å². The Morgan fingerprint density at radius 2 is 1.57 bits per heavy atom. The topological polar surface area (TPSA) is 32.8 Å². The number of rotatable bonds is 11. The molecule has 0 fully saturated rings. The first-order valence-electron chi connectivity index (χ1n) is 12.6. The van der Waals surface area contributed by atoms with Crippen molar-refractivity contribution in [3.05, 3.63) is 106 Å². The fourth-order valence-corrected chi connectivity index (χ4v) is 4.62. The van der Waals surface area contributed by atoms with Crippen LogP contribution in [0.15, 0.2) is 78.4 Å². The van der Waals surface area contributed by atoms with Gasteiger partial charge in [-0.15, -0.1) is 0 Å². The molecule has 0 aromatic heterocycles. The van der Waals surface area contributed by atoms with Crippen LogP contribution in [-0.4, -0.2) is 48.9 Å². The molecule has 0 spiro atoms. The van der Waals surface area contributed by atoms with E-state index in [1.165, 1.54) is 11.1 Å². The minimum Gasteiger partial charge on any atom is -0.492 e. The number of fused-ring (bicyclic) bond motifs is 1. The summed E-state index contributed by atoms with van der Waals surface area (Å²) in [5, 5.41) is 0. The normalized spacial score (nSPS) is 14.2. The number of Topliss-reactive ketones (excluding diaryl/α,β-unsaturated/α-hetero) is 1. The Morgan fingerprint density at radius 1 is 0.886 bits per heavy atom. The maximum atomic E-state index is 13.0. The lowest BCUT2D eigenvalue weighted by atomic mass is 10.1. The molecule has 0 saturated heterocycles. The predicted molar refractivity (Wildman–Crippen MR) is 144 cm³/mol. The summed E-state index contributed by atoms with van der Waals surface area (Å²) in [4.78, 5) is 17.6. The molecule has 4 rings (SSSR count). The van der Waals surface area contributed by atoms with E-state index in [1.807, 2.05) is 30.3 Å². The van der Waals surface area contributed by atoms with Gasteiger partial charge in [0.25, 0.3) is 0 Å². The molecule has 182 valence electrons. The number of likely N-dealkylation sites (N-methyl/N-ethyl adjacent to an activating group) is 1. The maximum Gasteiger partial charge on any atom is 0.189 e. The highest BCUT2D eigenvalue weighted by molar-refractivity contribution is 6.15. The van der Waals surface area contributed by atoms with Crippen molar-refractivity contribution in [1.29, 1.82) is 0 Å². The van der Waals surface area contributed by atoms with Gasteiger partial charge < -0.3 is 9.64 Å². The summed E-state index contributed by atoms with van der Waals surface area (Å²) in [7, 11) is 2.14. The number of allylic oxidation sites excluding steroid dienone is 1. The highest BCUT2D eigenvalue weighted by Gasteiger charge is 2.25. The molecule has 0 heterocycles. The quantitative estimate of drug-likeness (QED) is 0.330. The highest BCUT2D eigenvalue weighted by Crippen LogP contribution is 2.31. The van der Waals surface area contributed by atoms with Gasteiger partial charge in [0.15, 0.2) is 5.78 Å². The van der Waals surface area contributed by atoms with E-state index in [2.05, 4.69) is 79.2 Å². The van der Waals surface area contributed by atoms with Crippen LogP contribution in [-0.2, 0) is 19.5 Å². The number of benzene rings is 3. The Bertz CT molecular complexity index is 1150. The van der Waals surface area contributed by atoms with Crippen LogP contribution >= 0.6 is 0 Å². The third-order valence-electron chi connectivity index (χ3n) is 6.63. The fourth-order valence-electron chi connectivity index (χ4n) is 4.62. The summed E-state index contributed by atoms with van der Waals surface area (Å²) in [6.07, 6.45) is 2.68. The first-order chi connectivity index (χ1) is 17.1. The predicted octanol–water partition coefficient (Wildman–Crippen LogP) is 5.86.